The fourth-order valence-corrected chi connectivity index (χ4v) is 5.36. The van der Waals surface area contributed by atoms with Gasteiger partial charge < -0.3 is 9.47 Å². The van der Waals surface area contributed by atoms with Crippen LogP contribution in [0, 0.1) is 11.8 Å². The number of fused-ring (bicyclic) bond motifs is 1. The van der Waals surface area contributed by atoms with Crippen molar-refractivity contribution in [2.45, 2.75) is 31.7 Å². The van der Waals surface area contributed by atoms with Gasteiger partial charge in [0, 0.05) is 17.4 Å². The SMILES string of the molecule is COc1ccc(C2=NN(C(c3ccccc3)c3ccccc3)C(=O)[C@@H]3CCCC[C@H]23)cc1OC. The number of carbonyl (C=O) groups is 1. The molecule has 1 amide bonds. The fraction of sp³-hybridized carbons (Fsp3) is 0.310. The molecule has 2 atom stereocenters. The summed E-state index contributed by atoms with van der Waals surface area (Å²) in [6.07, 6.45) is 4.05. The predicted octanol–water partition coefficient (Wildman–Crippen LogP) is 5.85. The van der Waals surface area contributed by atoms with Gasteiger partial charge in [0.1, 0.15) is 6.04 Å². The molecule has 0 N–H and O–H groups in total. The molecular formula is C29H30N2O3. The van der Waals surface area contributed by atoms with Crippen LogP contribution in [-0.4, -0.2) is 30.8 Å². The van der Waals surface area contributed by atoms with Crippen molar-refractivity contribution in [3.05, 3.63) is 95.6 Å². The Bertz CT molecular complexity index is 1140. The largest absolute Gasteiger partial charge is 0.493 e. The van der Waals surface area contributed by atoms with Crippen LogP contribution in [0.25, 0.3) is 0 Å². The minimum Gasteiger partial charge on any atom is -0.493 e. The maximum Gasteiger partial charge on any atom is 0.247 e. The maximum atomic E-state index is 13.9. The van der Waals surface area contributed by atoms with Gasteiger partial charge in [0.25, 0.3) is 0 Å². The summed E-state index contributed by atoms with van der Waals surface area (Å²) in [6.45, 7) is 0. The third kappa shape index (κ3) is 4.07. The normalized spacial score (nSPS) is 20.0. The number of ether oxygens (including phenoxy) is 2. The van der Waals surface area contributed by atoms with Crippen LogP contribution in [0.4, 0.5) is 0 Å². The van der Waals surface area contributed by atoms with E-state index in [2.05, 4.69) is 24.3 Å². The quantitative estimate of drug-likeness (QED) is 0.470. The van der Waals surface area contributed by atoms with Crippen LogP contribution in [0.5, 0.6) is 11.5 Å². The minimum absolute atomic E-state index is 0.0655. The van der Waals surface area contributed by atoms with Crippen LogP contribution in [0.1, 0.15) is 48.4 Å². The van der Waals surface area contributed by atoms with Gasteiger partial charge in [-0.15, -0.1) is 0 Å². The fourth-order valence-electron chi connectivity index (χ4n) is 5.36. The van der Waals surface area contributed by atoms with E-state index in [1.54, 1.807) is 19.2 Å². The van der Waals surface area contributed by atoms with Gasteiger partial charge in [0.2, 0.25) is 5.91 Å². The van der Waals surface area contributed by atoms with Gasteiger partial charge >= 0.3 is 0 Å². The highest BCUT2D eigenvalue weighted by molar-refractivity contribution is 6.07. The average molecular weight is 455 g/mol. The highest BCUT2D eigenvalue weighted by Crippen LogP contribution is 2.42. The topological polar surface area (TPSA) is 51.1 Å². The molecule has 0 bridgehead atoms. The van der Waals surface area contributed by atoms with Gasteiger partial charge in [-0.05, 0) is 42.2 Å². The lowest BCUT2D eigenvalue weighted by atomic mass is 9.73. The number of benzene rings is 3. The van der Waals surface area contributed by atoms with Crippen LogP contribution in [0.2, 0.25) is 0 Å². The van der Waals surface area contributed by atoms with Gasteiger partial charge in [-0.3, -0.25) is 4.79 Å². The van der Waals surface area contributed by atoms with Crippen LogP contribution in [-0.2, 0) is 4.79 Å². The molecule has 1 fully saturated rings. The second-order valence-corrected chi connectivity index (χ2v) is 8.96. The molecule has 5 rings (SSSR count). The van der Waals surface area contributed by atoms with E-state index in [0.29, 0.717) is 11.5 Å². The van der Waals surface area contributed by atoms with Crippen molar-refractivity contribution in [1.29, 1.82) is 0 Å². The predicted molar refractivity (Wildman–Crippen MR) is 133 cm³/mol. The molecule has 0 aromatic heterocycles. The number of rotatable bonds is 6. The van der Waals surface area contributed by atoms with E-state index in [-0.39, 0.29) is 23.8 Å². The maximum absolute atomic E-state index is 13.9. The summed E-state index contributed by atoms with van der Waals surface area (Å²) >= 11 is 0. The second-order valence-electron chi connectivity index (χ2n) is 8.96. The Balaban J connectivity index is 1.67. The number of amides is 1. The van der Waals surface area contributed by atoms with E-state index < -0.39 is 0 Å². The summed E-state index contributed by atoms with van der Waals surface area (Å²) in [7, 11) is 3.28. The first-order valence-electron chi connectivity index (χ1n) is 11.9. The Morgan fingerprint density at radius 2 is 1.38 bits per heavy atom. The molecule has 1 aliphatic heterocycles. The molecule has 5 nitrogen and oxygen atoms in total. The van der Waals surface area contributed by atoms with E-state index in [9.17, 15) is 4.79 Å². The Hall–Kier alpha value is -3.60. The second kappa shape index (κ2) is 9.72. The molecule has 3 aromatic carbocycles. The van der Waals surface area contributed by atoms with Crippen molar-refractivity contribution in [3.8, 4) is 11.5 Å². The number of nitrogens with zero attached hydrogens (tertiary/aromatic N) is 2. The summed E-state index contributed by atoms with van der Waals surface area (Å²) in [5, 5.41) is 6.84. The lowest BCUT2D eigenvalue weighted by Crippen LogP contribution is -2.47. The minimum atomic E-state index is -0.284. The van der Waals surface area contributed by atoms with Gasteiger partial charge in [0.05, 0.1) is 19.9 Å². The van der Waals surface area contributed by atoms with Gasteiger partial charge in [-0.25, -0.2) is 5.01 Å². The monoisotopic (exact) mass is 454 g/mol. The molecule has 0 unspecified atom stereocenters. The van der Waals surface area contributed by atoms with Crippen LogP contribution >= 0.6 is 0 Å². The van der Waals surface area contributed by atoms with E-state index in [4.69, 9.17) is 14.6 Å². The number of carbonyl (C=O) groups excluding carboxylic acids is 1. The Labute approximate surface area is 201 Å². The third-order valence-corrected chi connectivity index (χ3v) is 7.03. The summed E-state index contributed by atoms with van der Waals surface area (Å²) < 4.78 is 11.0. The molecule has 1 heterocycles. The van der Waals surface area contributed by atoms with Crippen LogP contribution < -0.4 is 9.47 Å². The van der Waals surface area contributed by atoms with E-state index in [1.165, 1.54) is 0 Å². The van der Waals surface area contributed by atoms with Crippen molar-refractivity contribution in [2.75, 3.05) is 14.2 Å². The summed E-state index contributed by atoms with van der Waals surface area (Å²) in [4.78, 5) is 13.9. The van der Waals surface area contributed by atoms with Crippen molar-refractivity contribution in [2.24, 2.45) is 16.9 Å². The van der Waals surface area contributed by atoms with Gasteiger partial charge in [0.15, 0.2) is 11.5 Å². The standard InChI is InChI=1S/C29H30N2O3/c1-33-25-18-17-22(19-26(25)34-2)27-23-15-9-10-16-24(23)29(32)31(30-27)28(20-11-5-3-6-12-20)21-13-7-4-8-14-21/h3-8,11-14,17-19,23-24,28H,9-10,15-16H2,1-2H3/t23-,24+/m0/s1. The van der Waals surface area contributed by atoms with E-state index in [1.807, 2.05) is 54.6 Å². The molecule has 0 saturated heterocycles. The number of hydrogen-bond acceptors (Lipinski definition) is 4. The lowest BCUT2D eigenvalue weighted by molar-refractivity contribution is -0.140. The zero-order valence-electron chi connectivity index (χ0n) is 19.7. The Kier molecular flexibility index (Phi) is 6.35. The molecule has 0 radical (unpaired) electrons. The first-order chi connectivity index (χ1) is 16.7. The first kappa shape index (κ1) is 22.2. The smallest absolute Gasteiger partial charge is 0.247 e. The van der Waals surface area contributed by atoms with Crippen molar-refractivity contribution < 1.29 is 14.3 Å². The third-order valence-electron chi connectivity index (χ3n) is 7.03. The average Bonchev–Trinajstić information content (AvgIpc) is 2.91. The van der Waals surface area contributed by atoms with Crippen LogP contribution in [0.15, 0.2) is 84.0 Å². The number of methoxy groups -OCH3 is 2. The molecule has 0 spiro atoms. The molecule has 5 heteroatoms. The molecule has 2 aliphatic rings. The van der Waals surface area contributed by atoms with Crippen molar-refractivity contribution in [1.82, 2.24) is 5.01 Å². The summed E-state index contributed by atoms with van der Waals surface area (Å²) in [6, 6.07) is 26.0. The van der Waals surface area contributed by atoms with Gasteiger partial charge in [-0.1, -0.05) is 73.5 Å². The Morgan fingerprint density at radius 1 is 0.794 bits per heavy atom. The highest BCUT2D eigenvalue weighted by Gasteiger charge is 2.44. The van der Waals surface area contributed by atoms with Crippen molar-refractivity contribution in [3.63, 3.8) is 0 Å². The molecular weight excluding hydrogens is 424 g/mol. The summed E-state index contributed by atoms with van der Waals surface area (Å²) in [5.41, 5.74) is 4.03. The number of hydrazone groups is 1. The first-order valence-corrected chi connectivity index (χ1v) is 11.9. The lowest BCUT2D eigenvalue weighted by Gasteiger charge is -2.41. The molecule has 34 heavy (non-hydrogen) atoms. The zero-order valence-corrected chi connectivity index (χ0v) is 19.7. The molecule has 1 aliphatic carbocycles. The van der Waals surface area contributed by atoms with E-state index in [0.717, 1.165) is 48.1 Å². The molecule has 1 saturated carbocycles. The summed E-state index contributed by atoms with van der Waals surface area (Å²) in [5.74, 6) is 1.52. The molecule has 174 valence electrons. The highest BCUT2D eigenvalue weighted by atomic mass is 16.5. The van der Waals surface area contributed by atoms with Gasteiger partial charge in [-0.2, -0.15) is 5.10 Å². The zero-order chi connectivity index (χ0) is 23.5. The van der Waals surface area contributed by atoms with E-state index >= 15 is 0 Å². The molecule has 3 aromatic rings. The van der Waals surface area contributed by atoms with Crippen molar-refractivity contribution >= 4 is 11.6 Å². The Morgan fingerprint density at radius 3 is 1.97 bits per heavy atom. The number of hydrogen-bond donors (Lipinski definition) is 0. The van der Waals surface area contributed by atoms with Crippen LogP contribution in [0.3, 0.4) is 0 Å².